The van der Waals surface area contributed by atoms with Crippen LogP contribution < -0.4 is 10.1 Å². The lowest BCUT2D eigenvalue weighted by Crippen LogP contribution is -2.52. The number of carbonyl (C=O) groups is 2. The highest BCUT2D eigenvalue weighted by Gasteiger charge is 2.44. The molecule has 0 bridgehead atoms. The second kappa shape index (κ2) is 11.4. The number of nitrogens with zero attached hydrogens (tertiary/aromatic N) is 2. The van der Waals surface area contributed by atoms with Crippen molar-refractivity contribution in [3.05, 3.63) is 78.0 Å². The Bertz CT molecular complexity index is 1350. The zero-order chi connectivity index (χ0) is 28.3. The van der Waals surface area contributed by atoms with Crippen LogP contribution in [0.3, 0.4) is 0 Å². The fourth-order valence-corrected chi connectivity index (χ4v) is 5.41. The van der Waals surface area contributed by atoms with E-state index in [9.17, 15) is 9.59 Å². The van der Waals surface area contributed by atoms with E-state index in [4.69, 9.17) is 25.8 Å². The van der Waals surface area contributed by atoms with Crippen LogP contribution in [0.25, 0.3) is 11.1 Å². The number of alkyl halides is 1. The van der Waals surface area contributed by atoms with Crippen molar-refractivity contribution >= 4 is 29.5 Å². The number of hydrogen-bond acceptors (Lipinski definition) is 6. The number of amides is 2. The molecule has 1 atom stereocenters. The van der Waals surface area contributed by atoms with E-state index >= 15 is 0 Å². The highest BCUT2D eigenvalue weighted by molar-refractivity contribution is 6.21. The third-order valence-corrected chi connectivity index (χ3v) is 7.47. The first-order valence-corrected chi connectivity index (χ1v) is 13.9. The minimum Gasteiger partial charge on any atom is -0.471 e. The molecule has 1 saturated heterocycles. The van der Waals surface area contributed by atoms with E-state index in [1.807, 2.05) is 81.4 Å². The largest absolute Gasteiger partial charge is 0.471 e. The van der Waals surface area contributed by atoms with Crippen LogP contribution in [0.5, 0.6) is 5.88 Å². The first-order valence-electron chi connectivity index (χ1n) is 13.5. The number of anilines is 1. The Labute approximate surface area is 239 Å². The standard InChI is InChI=1S/C31H34ClN3O5/c1-30(2,3)40-29(37)35-15-13-31(14-16-35)18-26(32)25-17-23(19-33-27(25)39-31)22-9-11-24(12-10-22)34-28(36)38-20-21-7-5-4-6-8-21/h4-12,17,19,26H,13-16,18,20H2,1-3H3,(H,34,36). The van der Waals surface area contributed by atoms with Crippen molar-refractivity contribution < 1.29 is 23.8 Å². The van der Waals surface area contributed by atoms with Crippen LogP contribution in [0.15, 0.2) is 66.9 Å². The predicted molar refractivity (Wildman–Crippen MR) is 154 cm³/mol. The Morgan fingerprint density at radius 2 is 1.77 bits per heavy atom. The van der Waals surface area contributed by atoms with Crippen molar-refractivity contribution in [3.63, 3.8) is 0 Å². The number of pyridine rings is 1. The van der Waals surface area contributed by atoms with Crippen LogP contribution in [-0.4, -0.2) is 46.4 Å². The van der Waals surface area contributed by atoms with Gasteiger partial charge in [-0.15, -0.1) is 11.6 Å². The molecule has 1 spiro atoms. The molecule has 1 unspecified atom stereocenters. The topological polar surface area (TPSA) is 90.0 Å². The van der Waals surface area contributed by atoms with Gasteiger partial charge in [0.25, 0.3) is 0 Å². The Morgan fingerprint density at radius 1 is 1.07 bits per heavy atom. The molecule has 3 aromatic rings. The summed E-state index contributed by atoms with van der Waals surface area (Å²) in [5.74, 6) is 0.542. The van der Waals surface area contributed by atoms with Crippen molar-refractivity contribution in [1.29, 1.82) is 0 Å². The summed E-state index contributed by atoms with van der Waals surface area (Å²) in [4.78, 5) is 31.0. The molecule has 210 valence electrons. The number of hydrogen-bond donors (Lipinski definition) is 1. The maximum absolute atomic E-state index is 12.5. The van der Waals surface area contributed by atoms with Gasteiger partial charge in [0.1, 0.15) is 17.8 Å². The van der Waals surface area contributed by atoms with Crippen molar-refractivity contribution in [1.82, 2.24) is 9.88 Å². The van der Waals surface area contributed by atoms with E-state index in [0.29, 0.717) is 43.9 Å². The second-order valence-corrected chi connectivity index (χ2v) is 11.8. The molecule has 3 heterocycles. The van der Waals surface area contributed by atoms with Gasteiger partial charge in [-0.25, -0.2) is 14.6 Å². The second-order valence-electron chi connectivity index (χ2n) is 11.3. The van der Waals surface area contributed by atoms with E-state index in [-0.39, 0.29) is 18.1 Å². The molecule has 1 fully saturated rings. The number of aromatic nitrogens is 1. The number of likely N-dealkylation sites (tertiary alicyclic amines) is 1. The SMILES string of the molecule is CC(C)(C)OC(=O)N1CCC2(CC1)CC(Cl)c1cc(-c3ccc(NC(=O)OCc4ccccc4)cc3)cnc1O2. The van der Waals surface area contributed by atoms with E-state index in [2.05, 4.69) is 10.3 Å². The Morgan fingerprint density at radius 3 is 2.45 bits per heavy atom. The molecule has 2 aliphatic rings. The summed E-state index contributed by atoms with van der Waals surface area (Å²) in [7, 11) is 0. The molecule has 1 aromatic heterocycles. The lowest BCUT2D eigenvalue weighted by atomic mass is 9.83. The number of ether oxygens (including phenoxy) is 3. The summed E-state index contributed by atoms with van der Waals surface area (Å²) in [5, 5.41) is 2.49. The predicted octanol–water partition coefficient (Wildman–Crippen LogP) is 7.33. The van der Waals surface area contributed by atoms with Gasteiger partial charge in [0.05, 0.1) is 5.38 Å². The van der Waals surface area contributed by atoms with Crippen LogP contribution >= 0.6 is 11.6 Å². The van der Waals surface area contributed by atoms with Gasteiger partial charge in [0.2, 0.25) is 5.88 Å². The Kier molecular flexibility index (Phi) is 7.90. The molecule has 5 rings (SSSR count). The van der Waals surface area contributed by atoms with Crippen molar-refractivity contribution in [3.8, 4) is 17.0 Å². The summed E-state index contributed by atoms with van der Waals surface area (Å²) in [6.07, 6.45) is 2.94. The summed E-state index contributed by atoms with van der Waals surface area (Å²) < 4.78 is 17.2. The van der Waals surface area contributed by atoms with E-state index in [1.54, 1.807) is 11.1 Å². The van der Waals surface area contributed by atoms with E-state index in [0.717, 1.165) is 22.3 Å². The Balaban J connectivity index is 1.19. The highest BCUT2D eigenvalue weighted by Crippen LogP contribution is 2.47. The lowest BCUT2D eigenvalue weighted by Gasteiger charge is -2.45. The van der Waals surface area contributed by atoms with Gasteiger partial charge in [-0.3, -0.25) is 5.32 Å². The molecular weight excluding hydrogens is 530 g/mol. The van der Waals surface area contributed by atoms with Crippen LogP contribution in [0.2, 0.25) is 0 Å². The third kappa shape index (κ3) is 6.67. The fourth-order valence-electron chi connectivity index (χ4n) is 4.97. The van der Waals surface area contributed by atoms with Gasteiger partial charge in [0.15, 0.2) is 0 Å². The summed E-state index contributed by atoms with van der Waals surface area (Å²) in [5.41, 5.74) is 3.27. The smallest absolute Gasteiger partial charge is 0.411 e. The van der Waals surface area contributed by atoms with Gasteiger partial charge < -0.3 is 19.1 Å². The molecule has 9 heteroatoms. The zero-order valence-corrected chi connectivity index (χ0v) is 23.7. The number of halogens is 1. The van der Waals surface area contributed by atoms with Gasteiger partial charge in [0, 0.05) is 55.4 Å². The van der Waals surface area contributed by atoms with Gasteiger partial charge in [-0.2, -0.15) is 0 Å². The number of carbonyl (C=O) groups excluding carboxylic acids is 2. The minimum absolute atomic E-state index is 0.205. The van der Waals surface area contributed by atoms with Crippen LogP contribution in [-0.2, 0) is 16.1 Å². The van der Waals surface area contributed by atoms with Gasteiger partial charge in [-0.1, -0.05) is 42.5 Å². The van der Waals surface area contributed by atoms with Crippen molar-refractivity contribution in [2.45, 2.75) is 63.2 Å². The number of piperidine rings is 1. The Hall–Kier alpha value is -3.78. The molecule has 0 saturated carbocycles. The first-order chi connectivity index (χ1) is 19.1. The molecule has 1 N–H and O–H groups in total. The number of rotatable bonds is 4. The van der Waals surface area contributed by atoms with Crippen molar-refractivity contribution in [2.75, 3.05) is 18.4 Å². The maximum atomic E-state index is 12.5. The molecule has 2 amide bonds. The number of benzene rings is 2. The van der Waals surface area contributed by atoms with Gasteiger partial charge >= 0.3 is 12.2 Å². The molecular formula is C31H34ClN3O5. The van der Waals surface area contributed by atoms with Crippen LogP contribution in [0, 0.1) is 0 Å². The van der Waals surface area contributed by atoms with E-state index < -0.39 is 17.3 Å². The number of fused-ring (bicyclic) bond motifs is 1. The first kappa shape index (κ1) is 27.8. The summed E-state index contributed by atoms with van der Waals surface area (Å²) in [6.45, 7) is 6.90. The molecule has 8 nitrogen and oxygen atoms in total. The third-order valence-electron chi connectivity index (χ3n) is 7.08. The molecule has 2 aliphatic heterocycles. The summed E-state index contributed by atoms with van der Waals surface area (Å²) in [6, 6.07) is 19.0. The summed E-state index contributed by atoms with van der Waals surface area (Å²) >= 11 is 6.89. The normalized spacial score (nSPS) is 17.9. The lowest BCUT2D eigenvalue weighted by molar-refractivity contribution is -0.0305. The van der Waals surface area contributed by atoms with Gasteiger partial charge in [-0.05, 0) is 50.1 Å². The zero-order valence-electron chi connectivity index (χ0n) is 23.0. The minimum atomic E-state index is -0.527. The molecule has 2 aromatic carbocycles. The quantitative estimate of drug-likeness (QED) is 0.334. The average Bonchev–Trinajstić information content (AvgIpc) is 2.92. The average molecular weight is 564 g/mol. The monoisotopic (exact) mass is 563 g/mol. The van der Waals surface area contributed by atoms with E-state index in [1.165, 1.54) is 0 Å². The van der Waals surface area contributed by atoms with Crippen molar-refractivity contribution in [2.24, 2.45) is 0 Å². The fraction of sp³-hybridized carbons (Fsp3) is 0.387. The molecule has 40 heavy (non-hydrogen) atoms. The number of nitrogens with one attached hydrogen (secondary N) is 1. The molecule has 0 aliphatic carbocycles. The van der Waals surface area contributed by atoms with Crippen LogP contribution in [0.1, 0.15) is 56.5 Å². The highest BCUT2D eigenvalue weighted by atomic mass is 35.5. The molecule has 0 radical (unpaired) electrons. The van der Waals surface area contributed by atoms with Crippen LogP contribution in [0.4, 0.5) is 15.3 Å². The maximum Gasteiger partial charge on any atom is 0.411 e.